The number of aromatic hydroxyl groups is 1. The maximum Gasteiger partial charge on any atom is 0.271 e. The van der Waals surface area contributed by atoms with E-state index in [1.54, 1.807) is 6.08 Å². The van der Waals surface area contributed by atoms with E-state index < -0.39 is 17.2 Å². The first kappa shape index (κ1) is 27.3. The monoisotopic (exact) mass is 525 g/mol. The van der Waals surface area contributed by atoms with Crippen molar-refractivity contribution in [3.8, 4) is 11.9 Å². The number of hydrogen-bond donors (Lipinski definition) is 1. The van der Waals surface area contributed by atoms with Crippen LogP contribution in [-0.4, -0.2) is 50.3 Å². The predicted octanol–water partition coefficient (Wildman–Crippen LogP) is 3.94. The molecular formula is C26H27N3O5S2. The molecule has 0 spiro atoms. The number of nitrogens with zero attached hydrogens (tertiary/aromatic N) is 3. The van der Waals surface area contributed by atoms with Gasteiger partial charge in [-0.2, -0.15) is 5.26 Å². The minimum absolute atomic E-state index is 0.0129. The summed E-state index contributed by atoms with van der Waals surface area (Å²) in [5.41, 5.74) is 1.15. The van der Waals surface area contributed by atoms with Crippen LogP contribution in [0.4, 0.5) is 0 Å². The van der Waals surface area contributed by atoms with Crippen molar-refractivity contribution in [2.24, 2.45) is 0 Å². The van der Waals surface area contributed by atoms with Gasteiger partial charge in [0, 0.05) is 32.7 Å². The quantitative estimate of drug-likeness (QED) is 0.215. The molecule has 1 saturated heterocycles. The number of hydrogen-bond acceptors (Lipinski definition) is 8. The fourth-order valence-corrected chi connectivity index (χ4v) is 5.11. The van der Waals surface area contributed by atoms with E-state index in [4.69, 9.17) is 17.0 Å². The van der Waals surface area contributed by atoms with E-state index in [2.05, 4.69) is 0 Å². The van der Waals surface area contributed by atoms with Crippen molar-refractivity contribution in [3.05, 3.63) is 67.3 Å². The summed E-state index contributed by atoms with van der Waals surface area (Å²) in [4.78, 5) is 40.6. The summed E-state index contributed by atoms with van der Waals surface area (Å²) in [7, 11) is 0. The lowest BCUT2D eigenvalue weighted by atomic mass is 9.99. The average Bonchev–Trinajstić information content (AvgIpc) is 3.10. The van der Waals surface area contributed by atoms with Crippen molar-refractivity contribution in [3.63, 3.8) is 0 Å². The summed E-state index contributed by atoms with van der Waals surface area (Å²) in [6.45, 7) is 6.27. The van der Waals surface area contributed by atoms with E-state index in [1.807, 2.05) is 44.2 Å². The molecule has 1 amide bonds. The van der Waals surface area contributed by atoms with Crippen LogP contribution in [0.25, 0.3) is 6.08 Å². The summed E-state index contributed by atoms with van der Waals surface area (Å²) in [6.07, 6.45) is 2.04. The van der Waals surface area contributed by atoms with Gasteiger partial charge in [-0.1, -0.05) is 53.8 Å². The van der Waals surface area contributed by atoms with Gasteiger partial charge < -0.3 is 9.84 Å². The summed E-state index contributed by atoms with van der Waals surface area (Å²) >= 11 is 6.53. The lowest BCUT2D eigenvalue weighted by Gasteiger charge is -2.17. The first-order valence-electron chi connectivity index (χ1n) is 11.5. The Morgan fingerprint density at radius 3 is 2.56 bits per heavy atom. The zero-order valence-corrected chi connectivity index (χ0v) is 22.0. The van der Waals surface area contributed by atoms with E-state index in [9.17, 15) is 24.8 Å². The molecule has 0 saturated carbocycles. The van der Waals surface area contributed by atoms with Crippen LogP contribution in [0.1, 0.15) is 52.4 Å². The topological polar surface area (TPSA) is 113 Å². The third-order valence-corrected chi connectivity index (χ3v) is 7.14. The lowest BCUT2D eigenvalue weighted by Crippen LogP contribution is -2.31. The standard InChI is InChI=1S/C26H27N3O5S2/c1-4-34-13-5-11-28-23(31)19(15-27)17(3)22(25(28)33)20(30)10-12-29-24(32)21(36-26(29)35)14-18-8-6-16(2)7-9-18/h6-9,14,33H,4-5,10-13H2,1-3H3/b21-14-. The Kier molecular flexibility index (Phi) is 9.20. The van der Waals surface area contributed by atoms with Gasteiger partial charge >= 0.3 is 0 Å². The van der Waals surface area contributed by atoms with Gasteiger partial charge in [0.1, 0.15) is 16.0 Å². The molecule has 2 aromatic rings. The van der Waals surface area contributed by atoms with Gasteiger partial charge in [0.25, 0.3) is 11.5 Å². The van der Waals surface area contributed by atoms with Crippen molar-refractivity contribution in [1.29, 1.82) is 5.26 Å². The van der Waals surface area contributed by atoms with E-state index >= 15 is 0 Å². The van der Waals surface area contributed by atoms with Gasteiger partial charge in [-0.3, -0.25) is 23.9 Å². The number of pyridine rings is 1. The Hall–Kier alpha value is -3.26. The highest BCUT2D eigenvalue weighted by Crippen LogP contribution is 2.33. The summed E-state index contributed by atoms with van der Waals surface area (Å²) < 4.78 is 6.64. The molecule has 0 unspecified atom stereocenters. The fourth-order valence-electron chi connectivity index (χ4n) is 3.81. The number of Topliss-reactive ketones (excluding diaryl/α,β-unsaturated/α-hetero) is 1. The molecule has 0 atom stereocenters. The number of amides is 1. The van der Waals surface area contributed by atoms with Crippen LogP contribution in [-0.2, 0) is 16.1 Å². The zero-order chi connectivity index (χ0) is 26.4. The van der Waals surface area contributed by atoms with Gasteiger partial charge in [-0.05, 0) is 44.4 Å². The van der Waals surface area contributed by atoms with Crippen LogP contribution >= 0.6 is 24.0 Å². The molecule has 3 rings (SSSR count). The number of carbonyl (C=O) groups excluding carboxylic acids is 2. The molecule has 36 heavy (non-hydrogen) atoms. The molecule has 2 heterocycles. The third-order valence-electron chi connectivity index (χ3n) is 5.76. The van der Waals surface area contributed by atoms with Gasteiger partial charge in [0.2, 0.25) is 5.88 Å². The SMILES string of the molecule is CCOCCCn1c(O)c(C(=O)CCN2C(=O)/C(=C/c3ccc(C)cc3)SC2=S)c(C)c(C#N)c1=O. The van der Waals surface area contributed by atoms with Crippen molar-refractivity contribution in [1.82, 2.24) is 9.47 Å². The predicted molar refractivity (Wildman–Crippen MR) is 143 cm³/mol. The van der Waals surface area contributed by atoms with E-state index in [1.165, 1.54) is 23.6 Å². The Labute approximate surface area is 219 Å². The molecule has 1 N–H and O–H groups in total. The number of aryl methyl sites for hydroxylation is 1. The normalized spacial score (nSPS) is 14.5. The van der Waals surface area contributed by atoms with Crippen LogP contribution < -0.4 is 5.56 Å². The van der Waals surface area contributed by atoms with Crippen molar-refractivity contribution < 1.29 is 19.4 Å². The first-order valence-corrected chi connectivity index (χ1v) is 12.7. The molecule has 1 aliphatic heterocycles. The number of benzene rings is 1. The highest BCUT2D eigenvalue weighted by atomic mass is 32.2. The molecule has 0 radical (unpaired) electrons. The number of rotatable bonds is 10. The smallest absolute Gasteiger partial charge is 0.271 e. The molecule has 188 valence electrons. The molecule has 1 aliphatic rings. The minimum Gasteiger partial charge on any atom is -0.494 e. The van der Waals surface area contributed by atoms with Crippen molar-refractivity contribution in [2.45, 2.75) is 40.2 Å². The van der Waals surface area contributed by atoms with Crippen LogP contribution in [0.5, 0.6) is 5.88 Å². The van der Waals surface area contributed by atoms with Crippen molar-refractivity contribution >= 4 is 46.1 Å². The van der Waals surface area contributed by atoms with Crippen LogP contribution in [0.3, 0.4) is 0 Å². The van der Waals surface area contributed by atoms with E-state index in [-0.39, 0.29) is 42.1 Å². The molecular weight excluding hydrogens is 498 g/mol. The number of thioether (sulfide) groups is 1. The summed E-state index contributed by atoms with van der Waals surface area (Å²) in [6, 6.07) is 9.57. The molecule has 1 aromatic carbocycles. The molecule has 1 aromatic heterocycles. The molecule has 1 fully saturated rings. The summed E-state index contributed by atoms with van der Waals surface area (Å²) in [5, 5.41) is 20.3. The second-order valence-electron chi connectivity index (χ2n) is 8.23. The number of nitriles is 1. The van der Waals surface area contributed by atoms with Gasteiger partial charge in [-0.25, -0.2) is 0 Å². The Morgan fingerprint density at radius 2 is 1.92 bits per heavy atom. The molecule has 10 heteroatoms. The highest BCUT2D eigenvalue weighted by molar-refractivity contribution is 8.26. The first-order chi connectivity index (χ1) is 17.2. The van der Waals surface area contributed by atoms with E-state index in [0.717, 1.165) is 15.7 Å². The number of ether oxygens (including phenoxy) is 1. The number of thiocarbonyl (C=S) groups is 1. The minimum atomic E-state index is -0.654. The third kappa shape index (κ3) is 5.93. The number of ketones is 1. The van der Waals surface area contributed by atoms with Crippen molar-refractivity contribution in [2.75, 3.05) is 19.8 Å². The van der Waals surface area contributed by atoms with Crippen LogP contribution in [0.15, 0.2) is 34.0 Å². The maximum absolute atomic E-state index is 13.2. The molecule has 8 nitrogen and oxygen atoms in total. The molecule has 0 bridgehead atoms. The molecule has 0 aliphatic carbocycles. The summed E-state index contributed by atoms with van der Waals surface area (Å²) in [5.74, 6) is -1.27. The fraction of sp³-hybridized carbons (Fsp3) is 0.346. The van der Waals surface area contributed by atoms with Gasteiger partial charge in [-0.15, -0.1) is 0 Å². The average molecular weight is 526 g/mol. The lowest BCUT2D eigenvalue weighted by molar-refractivity contribution is -0.122. The second kappa shape index (κ2) is 12.1. The second-order valence-corrected chi connectivity index (χ2v) is 9.91. The largest absolute Gasteiger partial charge is 0.494 e. The zero-order valence-electron chi connectivity index (χ0n) is 20.4. The maximum atomic E-state index is 13.2. The Balaban J connectivity index is 1.80. The number of carbonyl (C=O) groups is 2. The highest BCUT2D eigenvalue weighted by Gasteiger charge is 2.33. The van der Waals surface area contributed by atoms with Gasteiger partial charge in [0.05, 0.1) is 10.5 Å². The van der Waals surface area contributed by atoms with Gasteiger partial charge in [0.15, 0.2) is 5.78 Å². The van der Waals surface area contributed by atoms with E-state index in [0.29, 0.717) is 28.9 Å². The Morgan fingerprint density at radius 1 is 1.22 bits per heavy atom. The Bertz CT molecular complexity index is 1320. The van der Waals surface area contributed by atoms with Crippen LogP contribution in [0.2, 0.25) is 0 Å². The van der Waals surface area contributed by atoms with Crippen LogP contribution in [0, 0.1) is 25.2 Å². The number of aromatic nitrogens is 1.